The van der Waals surface area contributed by atoms with E-state index in [1.807, 2.05) is 23.7 Å². The summed E-state index contributed by atoms with van der Waals surface area (Å²) in [5.74, 6) is 0. The van der Waals surface area contributed by atoms with Crippen LogP contribution in [0.5, 0.6) is 0 Å². The van der Waals surface area contributed by atoms with Crippen molar-refractivity contribution in [2.24, 2.45) is 0 Å². The van der Waals surface area contributed by atoms with E-state index in [4.69, 9.17) is 0 Å². The second-order valence-electron chi connectivity index (χ2n) is 2.75. The van der Waals surface area contributed by atoms with E-state index in [9.17, 15) is 0 Å². The van der Waals surface area contributed by atoms with Gasteiger partial charge in [0.2, 0.25) is 0 Å². The Morgan fingerprint density at radius 2 is 2.33 bits per heavy atom. The third-order valence-corrected chi connectivity index (χ3v) is 1.72. The second kappa shape index (κ2) is 2.44. The van der Waals surface area contributed by atoms with Crippen molar-refractivity contribution < 1.29 is 0 Å². The Balaban J connectivity index is 2.68. The van der Waals surface area contributed by atoms with Crippen LogP contribution in [-0.2, 0) is 0 Å². The fourth-order valence-electron chi connectivity index (χ4n) is 1.05. The van der Waals surface area contributed by atoms with Gasteiger partial charge in [0.15, 0.2) is 5.65 Å². The lowest BCUT2D eigenvalue weighted by Gasteiger charge is -1.98. The quantitative estimate of drug-likeness (QED) is 0.634. The maximum Gasteiger partial charge on any atom is 0.155 e. The first-order valence-corrected chi connectivity index (χ1v) is 3.72. The molecule has 2 heterocycles. The standard InChI is InChI=1S/C9H9N3/c1-7(2)8-6-12-4-3-10-9(12)5-11-8/h3-6H,1H2,2H3. The molecule has 3 heteroatoms. The van der Waals surface area contributed by atoms with E-state index in [-0.39, 0.29) is 0 Å². The van der Waals surface area contributed by atoms with E-state index in [0.29, 0.717) is 0 Å². The molecule has 0 fully saturated rings. The summed E-state index contributed by atoms with van der Waals surface area (Å²) in [4.78, 5) is 8.29. The van der Waals surface area contributed by atoms with Gasteiger partial charge < -0.3 is 4.40 Å². The maximum atomic E-state index is 4.20. The molecule has 0 radical (unpaired) electrons. The molecule has 2 aromatic rings. The minimum Gasteiger partial charge on any atom is -0.304 e. The summed E-state index contributed by atoms with van der Waals surface area (Å²) in [6.45, 7) is 5.76. The minimum absolute atomic E-state index is 0.861. The molecule has 0 aliphatic carbocycles. The third-order valence-electron chi connectivity index (χ3n) is 1.72. The Kier molecular flexibility index (Phi) is 1.43. The van der Waals surface area contributed by atoms with Gasteiger partial charge in [-0.15, -0.1) is 0 Å². The van der Waals surface area contributed by atoms with Gasteiger partial charge in [0, 0.05) is 18.6 Å². The summed E-state index contributed by atoms with van der Waals surface area (Å²) in [6, 6.07) is 0. The van der Waals surface area contributed by atoms with Crippen molar-refractivity contribution in [2.75, 3.05) is 0 Å². The van der Waals surface area contributed by atoms with Gasteiger partial charge in [0.1, 0.15) is 0 Å². The predicted molar refractivity (Wildman–Crippen MR) is 47.7 cm³/mol. The van der Waals surface area contributed by atoms with Crippen LogP contribution in [0.1, 0.15) is 12.6 Å². The molecule has 0 spiro atoms. The first kappa shape index (κ1) is 7.03. The van der Waals surface area contributed by atoms with Crippen LogP contribution in [0, 0.1) is 0 Å². The predicted octanol–water partition coefficient (Wildman–Crippen LogP) is 1.76. The molecule has 0 atom stereocenters. The molecule has 12 heavy (non-hydrogen) atoms. The van der Waals surface area contributed by atoms with E-state index >= 15 is 0 Å². The van der Waals surface area contributed by atoms with E-state index in [1.165, 1.54) is 0 Å². The number of aromatic nitrogens is 3. The maximum absolute atomic E-state index is 4.20. The lowest BCUT2D eigenvalue weighted by molar-refractivity contribution is 1.10. The molecule has 2 rings (SSSR count). The summed E-state index contributed by atoms with van der Waals surface area (Å²) in [6.07, 6.45) is 7.30. The first-order valence-electron chi connectivity index (χ1n) is 3.72. The zero-order valence-corrected chi connectivity index (χ0v) is 6.86. The largest absolute Gasteiger partial charge is 0.304 e. The lowest BCUT2D eigenvalue weighted by atomic mass is 10.2. The van der Waals surface area contributed by atoms with E-state index < -0.39 is 0 Å². The first-order chi connectivity index (χ1) is 5.77. The van der Waals surface area contributed by atoms with Crippen LogP contribution in [0.25, 0.3) is 11.2 Å². The van der Waals surface area contributed by atoms with Gasteiger partial charge in [-0.05, 0) is 12.5 Å². The fraction of sp³-hybridized carbons (Fsp3) is 0.111. The smallest absolute Gasteiger partial charge is 0.155 e. The summed E-state index contributed by atoms with van der Waals surface area (Å²) in [5.41, 5.74) is 2.73. The van der Waals surface area contributed by atoms with Crippen molar-refractivity contribution in [2.45, 2.75) is 6.92 Å². The molecule has 0 aliphatic rings. The van der Waals surface area contributed by atoms with Crippen molar-refractivity contribution >= 4 is 11.2 Å². The van der Waals surface area contributed by atoms with Crippen LogP contribution < -0.4 is 0 Å². The van der Waals surface area contributed by atoms with Gasteiger partial charge in [0.25, 0.3) is 0 Å². The molecular weight excluding hydrogens is 150 g/mol. The number of fused-ring (bicyclic) bond motifs is 1. The van der Waals surface area contributed by atoms with Gasteiger partial charge >= 0.3 is 0 Å². The average Bonchev–Trinajstić information content (AvgIpc) is 2.49. The fourth-order valence-corrected chi connectivity index (χ4v) is 1.05. The highest BCUT2D eigenvalue weighted by atomic mass is 15.0. The normalized spacial score (nSPS) is 10.4. The second-order valence-corrected chi connectivity index (χ2v) is 2.75. The summed E-state index contributed by atoms with van der Waals surface area (Å²) in [5, 5.41) is 0. The van der Waals surface area contributed by atoms with Gasteiger partial charge in [-0.25, -0.2) is 4.98 Å². The van der Waals surface area contributed by atoms with Crippen LogP contribution in [0.3, 0.4) is 0 Å². The van der Waals surface area contributed by atoms with Crippen LogP contribution >= 0.6 is 0 Å². The molecule has 0 aromatic carbocycles. The van der Waals surface area contributed by atoms with Gasteiger partial charge in [-0.1, -0.05) is 6.58 Å². The summed E-state index contributed by atoms with van der Waals surface area (Å²) in [7, 11) is 0. The highest BCUT2D eigenvalue weighted by molar-refractivity contribution is 5.57. The topological polar surface area (TPSA) is 30.2 Å². The zero-order chi connectivity index (χ0) is 8.55. The molecule has 3 nitrogen and oxygen atoms in total. The molecule has 0 amide bonds. The Morgan fingerprint density at radius 3 is 3.08 bits per heavy atom. The highest BCUT2D eigenvalue weighted by Gasteiger charge is 1.97. The molecule has 2 aromatic heterocycles. The number of allylic oxidation sites excluding steroid dienone is 1. The van der Waals surface area contributed by atoms with Gasteiger partial charge in [-0.2, -0.15) is 0 Å². The van der Waals surface area contributed by atoms with Crippen molar-refractivity contribution in [3.8, 4) is 0 Å². The van der Waals surface area contributed by atoms with Crippen molar-refractivity contribution in [1.82, 2.24) is 14.4 Å². The van der Waals surface area contributed by atoms with E-state index in [0.717, 1.165) is 16.9 Å². The lowest BCUT2D eigenvalue weighted by Crippen LogP contribution is -1.90. The van der Waals surface area contributed by atoms with Crippen LogP contribution in [0.15, 0.2) is 31.4 Å². The molecule has 0 saturated heterocycles. The Hall–Kier alpha value is -1.64. The van der Waals surface area contributed by atoms with Crippen molar-refractivity contribution in [1.29, 1.82) is 0 Å². The zero-order valence-electron chi connectivity index (χ0n) is 6.86. The van der Waals surface area contributed by atoms with E-state index in [1.54, 1.807) is 12.4 Å². The van der Waals surface area contributed by atoms with Crippen LogP contribution in [0.2, 0.25) is 0 Å². The van der Waals surface area contributed by atoms with Crippen molar-refractivity contribution in [3.05, 3.63) is 37.1 Å². The molecule has 0 unspecified atom stereocenters. The van der Waals surface area contributed by atoms with Gasteiger partial charge in [-0.3, -0.25) is 4.98 Å². The van der Waals surface area contributed by atoms with Gasteiger partial charge in [0.05, 0.1) is 11.9 Å². The SMILES string of the molecule is C=C(C)c1cn2ccnc2cn1. The van der Waals surface area contributed by atoms with E-state index in [2.05, 4.69) is 16.5 Å². The molecular formula is C9H9N3. The molecule has 60 valence electrons. The molecule has 0 N–H and O–H groups in total. The Labute approximate surface area is 70.4 Å². The molecule has 0 bridgehead atoms. The van der Waals surface area contributed by atoms with Crippen molar-refractivity contribution in [3.63, 3.8) is 0 Å². The number of imidazole rings is 1. The monoisotopic (exact) mass is 159 g/mol. The summed E-state index contributed by atoms with van der Waals surface area (Å²) >= 11 is 0. The molecule has 0 aliphatic heterocycles. The average molecular weight is 159 g/mol. The highest BCUT2D eigenvalue weighted by Crippen LogP contribution is 2.08. The number of rotatable bonds is 1. The number of hydrogen-bond donors (Lipinski definition) is 0. The molecule has 0 saturated carbocycles. The Bertz CT molecular complexity index is 428. The number of hydrogen-bond acceptors (Lipinski definition) is 2. The Morgan fingerprint density at radius 1 is 1.50 bits per heavy atom. The minimum atomic E-state index is 0.861. The van der Waals surface area contributed by atoms with Crippen LogP contribution in [0.4, 0.5) is 0 Å². The summed E-state index contributed by atoms with van der Waals surface area (Å²) < 4.78 is 1.93. The third kappa shape index (κ3) is 0.993. The van der Waals surface area contributed by atoms with Crippen LogP contribution in [-0.4, -0.2) is 14.4 Å². The number of nitrogens with zero attached hydrogens (tertiary/aromatic N) is 3.